The van der Waals surface area contributed by atoms with E-state index in [0.29, 0.717) is 57.2 Å². The van der Waals surface area contributed by atoms with Crippen LogP contribution in [0, 0.1) is 6.92 Å². The third kappa shape index (κ3) is 4.94. The Morgan fingerprint density at radius 2 is 1.67 bits per heavy atom. The van der Waals surface area contributed by atoms with Crippen LogP contribution in [0.2, 0.25) is 0 Å². The number of fused-ring (bicyclic) bond motifs is 1. The molecule has 0 aliphatic carbocycles. The van der Waals surface area contributed by atoms with Crippen molar-refractivity contribution < 1.29 is 14.3 Å². The first-order chi connectivity index (χ1) is 16.0. The Balaban J connectivity index is 1.31. The van der Waals surface area contributed by atoms with E-state index in [9.17, 15) is 9.59 Å². The van der Waals surface area contributed by atoms with Crippen molar-refractivity contribution >= 4 is 17.6 Å². The van der Waals surface area contributed by atoms with E-state index < -0.39 is 0 Å². The molecular formula is C25H31N5O3. The number of ether oxygens (including phenoxy) is 1. The largest absolute Gasteiger partial charge is 0.487 e. The molecule has 0 atom stereocenters. The van der Waals surface area contributed by atoms with Gasteiger partial charge in [0.2, 0.25) is 0 Å². The van der Waals surface area contributed by atoms with Gasteiger partial charge in [-0.05, 0) is 56.7 Å². The van der Waals surface area contributed by atoms with Gasteiger partial charge in [0.15, 0.2) is 0 Å². The van der Waals surface area contributed by atoms with Gasteiger partial charge >= 0.3 is 6.03 Å². The Bertz CT molecular complexity index is 1110. The number of hydrogen-bond acceptors (Lipinski definition) is 4. The molecule has 0 spiro atoms. The third-order valence-corrected chi connectivity index (χ3v) is 6.09. The second-order valence-corrected chi connectivity index (χ2v) is 8.20. The molecular weight excluding hydrogens is 418 g/mol. The Morgan fingerprint density at radius 3 is 2.30 bits per heavy atom. The van der Waals surface area contributed by atoms with Crippen LogP contribution >= 0.6 is 0 Å². The monoisotopic (exact) mass is 449 g/mol. The number of imidazole rings is 1. The number of urea groups is 1. The lowest BCUT2D eigenvalue weighted by molar-refractivity contribution is 0.0641. The van der Waals surface area contributed by atoms with Crippen molar-refractivity contribution in [2.24, 2.45) is 0 Å². The summed E-state index contributed by atoms with van der Waals surface area (Å²) in [5, 5.41) is 0. The van der Waals surface area contributed by atoms with Gasteiger partial charge in [-0.1, -0.05) is 6.07 Å². The zero-order chi connectivity index (χ0) is 23.4. The maximum absolute atomic E-state index is 12.9. The summed E-state index contributed by atoms with van der Waals surface area (Å²) >= 11 is 0. The number of amides is 3. The Hall–Kier alpha value is -3.55. The van der Waals surface area contributed by atoms with Crippen molar-refractivity contribution in [3.05, 3.63) is 65.6 Å². The molecule has 0 unspecified atom stereocenters. The number of piperazine rings is 1. The minimum atomic E-state index is -0.0210. The molecule has 174 valence electrons. The number of benzene rings is 1. The van der Waals surface area contributed by atoms with E-state index in [1.165, 1.54) is 0 Å². The molecule has 2 aromatic heterocycles. The van der Waals surface area contributed by atoms with Crippen molar-refractivity contribution in [1.29, 1.82) is 0 Å². The molecule has 0 N–H and O–H groups in total. The van der Waals surface area contributed by atoms with Gasteiger partial charge in [0.05, 0.1) is 5.69 Å². The van der Waals surface area contributed by atoms with E-state index in [4.69, 9.17) is 4.74 Å². The molecule has 3 aromatic rings. The van der Waals surface area contributed by atoms with E-state index in [1.54, 1.807) is 17.0 Å². The summed E-state index contributed by atoms with van der Waals surface area (Å²) in [6.07, 6.45) is 3.93. The van der Waals surface area contributed by atoms with Crippen LogP contribution < -0.4 is 4.74 Å². The Morgan fingerprint density at radius 1 is 1.00 bits per heavy atom. The van der Waals surface area contributed by atoms with Gasteiger partial charge in [-0.25, -0.2) is 9.78 Å². The Labute approximate surface area is 194 Å². The van der Waals surface area contributed by atoms with Gasteiger partial charge in [-0.15, -0.1) is 0 Å². The molecule has 8 nitrogen and oxygen atoms in total. The van der Waals surface area contributed by atoms with Crippen molar-refractivity contribution in [3.8, 4) is 5.75 Å². The first-order valence-electron chi connectivity index (χ1n) is 11.5. The summed E-state index contributed by atoms with van der Waals surface area (Å²) in [5.41, 5.74) is 3.51. The van der Waals surface area contributed by atoms with E-state index >= 15 is 0 Å². The van der Waals surface area contributed by atoms with Crippen LogP contribution in [-0.2, 0) is 6.61 Å². The van der Waals surface area contributed by atoms with Crippen LogP contribution in [-0.4, -0.2) is 75.3 Å². The summed E-state index contributed by atoms with van der Waals surface area (Å²) in [5.74, 6) is 0.669. The van der Waals surface area contributed by atoms with Crippen LogP contribution in [0.25, 0.3) is 5.65 Å². The third-order valence-electron chi connectivity index (χ3n) is 6.09. The predicted octanol–water partition coefficient (Wildman–Crippen LogP) is 3.44. The van der Waals surface area contributed by atoms with Crippen molar-refractivity contribution in [1.82, 2.24) is 24.1 Å². The second kappa shape index (κ2) is 9.94. The van der Waals surface area contributed by atoms with Gasteiger partial charge < -0.3 is 23.8 Å². The zero-order valence-electron chi connectivity index (χ0n) is 19.5. The number of carbonyl (C=O) groups excluding carboxylic acids is 2. The molecule has 1 aromatic carbocycles. The van der Waals surface area contributed by atoms with Crippen molar-refractivity contribution in [3.63, 3.8) is 0 Å². The lowest BCUT2D eigenvalue weighted by Gasteiger charge is -2.37. The van der Waals surface area contributed by atoms with Crippen LogP contribution in [0.3, 0.4) is 0 Å². The van der Waals surface area contributed by atoms with Gasteiger partial charge in [0.25, 0.3) is 5.91 Å². The highest BCUT2D eigenvalue weighted by Gasteiger charge is 2.26. The normalized spacial score (nSPS) is 13.9. The number of hydrogen-bond donors (Lipinski definition) is 0. The minimum absolute atomic E-state index is 0.0210. The Kier molecular flexibility index (Phi) is 6.82. The standard InChI is InChI=1S/C25H31N5O3/c1-4-27(5-2)25(32)29-15-13-28(14-16-29)24(31)20-8-10-22(11-9-20)33-18-21-17-30-12-6-7-19(3)23(30)26-21/h6-12,17H,4-5,13-16,18H2,1-3H3. The molecule has 1 aliphatic rings. The predicted molar refractivity (Wildman–Crippen MR) is 126 cm³/mol. The zero-order valence-corrected chi connectivity index (χ0v) is 19.5. The van der Waals surface area contributed by atoms with E-state index in [-0.39, 0.29) is 11.9 Å². The molecule has 33 heavy (non-hydrogen) atoms. The van der Waals surface area contributed by atoms with Crippen molar-refractivity contribution in [2.45, 2.75) is 27.4 Å². The van der Waals surface area contributed by atoms with Gasteiger partial charge in [-0.3, -0.25) is 4.79 Å². The summed E-state index contributed by atoms with van der Waals surface area (Å²) in [7, 11) is 0. The van der Waals surface area contributed by atoms with Gasteiger partial charge in [0.1, 0.15) is 18.0 Å². The first-order valence-corrected chi connectivity index (χ1v) is 11.5. The number of rotatable bonds is 6. The van der Waals surface area contributed by atoms with Gasteiger partial charge in [0, 0.05) is 57.2 Å². The number of nitrogens with zero attached hydrogens (tertiary/aromatic N) is 5. The molecule has 1 fully saturated rings. The van der Waals surface area contributed by atoms with Crippen LogP contribution in [0.1, 0.15) is 35.5 Å². The van der Waals surface area contributed by atoms with Crippen LogP contribution in [0.4, 0.5) is 4.79 Å². The fourth-order valence-electron chi connectivity index (χ4n) is 4.10. The average molecular weight is 450 g/mol. The minimum Gasteiger partial charge on any atom is -0.487 e. The molecule has 4 rings (SSSR count). The summed E-state index contributed by atoms with van der Waals surface area (Å²) < 4.78 is 7.87. The van der Waals surface area contributed by atoms with Crippen LogP contribution in [0.5, 0.6) is 5.75 Å². The molecule has 8 heteroatoms. The van der Waals surface area contributed by atoms with Crippen molar-refractivity contribution in [2.75, 3.05) is 39.3 Å². The topological polar surface area (TPSA) is 70.4 Å². The smallest absolute Gasteiger partial charge is 0.320 e. The fourth-order valence-corrected chi connectivity index (χ4v) is 4.10. The summed E-state index contributed by atoms with van der Waals surface area (Å²) in [6, 6.07) is 11.3. The molecule has 1 aliphatic heterocycles. The van der Waals surface area contributed by atoms with E-state index in [1.807, 2.05) is 71.6 Å². The number of pyridine rings is 1. The maximum atomic E-state index is 12.9. The van der Waals surface area contributed by atoms with E-state index in [2.05, 4.69) is 4.98 Å². The van der Waals surface area contributed by atoms with E-state index in [0.717, 1.165) is 16.9 Å². The lowest BCUT2D eigenvalue weighted by atomic mass is 10.1. The maximum Gasteiger partial charge on any atom is 0.320 e. The number of carbonyl (C=O) groups is 2. The SMILES string of the molecule is CCN(CC)C(=O)N1CCN(C(=O)c2ccc(OCc3cn4cccc(C)c4n3)cc2)CC1. The van der Waals surface area contributed by atoms with Gasteiger partial charge in [-0.2, -0.15) is 0 Å². The summed E-state index contributed by atoms with van der Waals surface area (Å²) in [6.45, 7) is 9.93. The number of aryl methyl sites for hydroxylation is 1. The highest BCUT2D eigenvalue weighted by Crippen LogP contribution is 2.17. The molecule has 0 radical (unpaired) electrons. The quantitative estimate of drug-likeness (QED) is 0.578. The lowest BCUT2D eigenvalue weighted by Crippen LogP contribution is -2.54. The average Bonchev–Trinajstić information content (AvgIpc) is 3.28. The molecule has 0 saturated carbocycles. The fraction of sp³-hybridized carbons (Fsp3) is 0.400. The highest BCUT2D eigenvalue weighted by molar-refractivity contribution is 5.94. The second-order valence-electron chi connectivity index (χ2n) is 8.20. The first kappa shape index (κ1) is 22.6. The molecule has 3 amide bonds. The summed E-state index contributed by atoms with van der Waals surface area (Å²) in [4.78, 5) is 35.5. The highest BCUT2D eigenvalue weighted by atomic mass is 16.5. The molecule has 0 bridgehead atoms. The van der Waals surface area contributed by atoms with Crippen LogP contribution in [0.15, 0.2) is 48.8 Å². The number of aromatic nitrogens is 2. The molecule has 1 saturated heterocycles. The molecule has 3 heterocycles.